The van der Waals surface area contributed by atoms with Gasteiger partial charge in [-0.15, -0.1) is 0 Å². The van der Waals surface area contributed by atoms with E-state index < -0.39 is 16.0 Å². The lowest BCUT2D eigenvalue weighted by Crippen LogP contribution is -2.41. The van der Waals surface area contributed by atoms with Crippen LogP contribution >= 0.6 is 0 Å². The fourth-order valence-electron chi connectivity index (χ4n) is 2.40. The van der Waals surface area contributed by atoms with Gasteiger partial charge in [-0.2, -0.15) is 0 Å². The van der Waals surface area contributed by atoms with Crippen molar-refractivity contribution in [1.82, 2.24) is 5.32 Å². The molecule has 0 unspecified atom stereocenters. The van der Waals surface area contributed by atoms with Gasteiger partial charge in [0, 0.05) is 22.4 Å². The average Bonchev–Trinajstić information content (AvgIpc) is 2.93. The maximum absolute atomic E-state index is 13.5. The zero-order valence-electron chi connectivity index (χ0n) is 11.6. The quantitative estimate of drug-likeness (QED) is 0.908. The number of benzene rings is 1. The van der Waals surface area contributed by atoms with E-state index >= 15 is 0 Å². The largest absolute Gasteiger partial charge is 0.352 e. The summed E-state index contributed by atoms with van der Waals surface area (Å²) in [4.78, 5) is 12.0. The molecule has 2 rings (SSSR count). The Bertz CT molecular complexity index is 500. The minimum Gasteiger partial charge on any atom is -0.352 e. The van der Waals surface area contributed by atoms with E-state index in [9.17, 15) is 13.4 Å². The van der Waals surface area contributed by atoms with Crippen molar-refractivity contribution in [2.45, 2.75) is 49.7 Å². The Morgan fingerprint density at radius 3 is 2.70 bits per heavy atom. The van der Waals surface area contributed by atoms with Crippen LogP contribution < -0.4 is 5.32 Å². The highest BCUT2D eigenvalue weighted by molar-refractivity contribution is 7.85. The summed E-state index contributed by atoms with van der Waals surface area (Å²) in [6.45, 7) is 1.64. The summed E-state index contributed by atoms with van der Waals surface area (Å²) in [5.74, 6) is -0.484. The Balaban J connectivity index is 1.91. The molecule has 0 saturated heterocycles. The molecule has 3 nitrogen and oxygen atoms in total. The van der Waals surface area contributed by atoms with Crippen molar-refractivity contribution in [3.8, 4) is 0 Å². The summed E-state index contributed by atoms with van der Waals surface area (Å²) in [5.41, 5.74) is 0.395. The molecule has 1 fully saturated rings. The maximum Gasteiger partial charge on any atom is 0.235 e. The first-order valence-electron chi connectivity index (χ1n) is 6.99. The van der Waals surface area contributed by atoms with Gasteiger partial charge in [0.15, 0.2) is 0 Å². The predicted octanol–water partition coefficient (Wildman–Crippen LogP) is 2.52. The summed E-state index contributed by atoms with van der Waals surface area (Å²) in [6.07, 6.45) is 4.27. The van der Waals surface area contributed by atoms with E-state index in [2.05, 4.69) is 5.32 Å². The first-order chi connectivity index (χ1) is 9.58. The van der Waals surface area contributed by atoms with Gasteiger partial charge >= 0.3 is 0 Å². The normalized spacial score (nSPS) is 18.7. The van der Waals surface area contributed by atoms with Crippen LogP contribution in [0.15, 0.2) is 24.3 Å². The monoisotopic (exact) mass is 297 g/mol. The zero-order chi connectivity index (χ0) is 14.5. The second-order valence-electron chi connectivity index (χ2n) is 5.25. The molecule has 1 aromatic rings. The molecule has 0 heterocycles. The van der Waals surface area contributed by atoms with Gasteiger partial charge in [-0.25, -0.2) is 4.39 Å². The van der Waals surface area contributed by atoms with Crippen molar-refractivity contribution in [3.63, 3.8) is 0 Å². The van der Waals surface area contributed by atoms with Gasteiger partial charge in [0.05, 0.1) is 5.75 Å². The van der Waals surface area contributed by atoms with Gasteiger partial charge in [-0.3, -0.25) is 9.00 Å². The Hall–Kier alpha value is -1.23. The second kappa shape index (κ2) is 6.97. The first kappa shape index (κ1) is 15.2. The molecular weight excluding hydrogens is 277 g/mol. The zero-order valence-corrected chi connectivity index (χ0v) is 12.4. The number of nitrogens with one attached hydrogen (secondary N) is 1. The number of amides is 1. The number of carbonyl (C=O) groups is 1. The molecule has 5 heteroatoms. The van der Waals surface area contributed by atoms with E-state index in [1.807, 2.05) is 0 Å². The topological polar surface area (TPSA) is 46.2 Å². The van der Waals surface area contributed by atoms with Crippen LogP contribution in [0.1, 0.15) is 38.2 Å². The fourth-order valence-corrected chi connectivity index (χ4v) is 3.50. The fraction of sp³-hybridized carbons (Fsp3) is 0.533. The standard InChI is InChI=1S/C15H20FNO2S/c1-11(15(18)17-13-7-3-4-8-13)20(19)10-12-6-2-5-9-14(12)16/h2,5-6,9,11,13H,3-4,7-8,10H2,1H3,(H,17,18)/t11-,20-/m0/s1. The van der Waals surface area contributed by atoms with Crippen LogP contribution in [0, 0.1) is 5.82 Å². The van der Waals surface area contributed by atoms with Gasteiger partial charge in [0.2, 0.25) is 5.91 Å². The Morgan fingerprint density at radius 1 is 1.40 bits per heavy atom. The average molecular weight is 297 g/mol. The molecule has 1 aromatic carbocycles. The van der Waals surface area contributed by atoms with Crippen LogP contribution in [0.5, 0.6) is 0 Å². The highest BCUT2D eigenvalue weighted by Crippen LogP contribution is 2.18. The number of carbonyl (C=O) groups excluding carboxylic acids is 1. The molecule has 0 spiro atoms. The minimum absolute atomic E-state index is 0.0753. The van der Waals surface area contributed by atoms with E-state index in [1.54, 1.807) is 25.1 Å². The molecule has 1 saturated carbocycles. The lowest BCUT2D eigenvalue weighted by molar-refractivity contribution is -0.121. The number of rotatable bonds is 5. The van der Waals surface area contributed by atoms with Gasteiger partial charge in [-0.1, -0.05) is 31.0 Å². The van der Waals surface area contributed by atoms with E-state index in [0.717, 1.165) is 25.7 Å². The van der Waals surface area contributed by atoms with E-state index in [-0.39, 0.29) is 23.5 Å². The van der Waals surface area contributed by atoms with Gasteiger partial charge < -0.3 is 5.32 Å². The molecule has 1 aliphatic rings. The molecule has 0 radical (unpaired) electrons. The smallest absolute Gasteiger partial charge is 0.235 e. The number of hydrogen-bond donors (Lipinski definition) is 1. The van der Waals surface area contributed by atoms with Crippen molar-refractivity contribution in [2.75, 3.05) is 0 Å². The number of halogens is 1. The minimum atomic E-state index is -1.41. The SMILES string of the molecule is C[C@@H](C(=O)NC1CCCC1)[S@@](=O)Cc1ccccc1F. The molecule has 0 aliphatic heterocycles. The van der Waals surface area contributed by atoms with Crippen LogP contribution in [-0.2, 0) is 21.3 Å². The Labute approximate surface area is 121 Å². The Morgan fingerprint density at radius 2 is 2.05 bits per heavy atom. The van der Waals surface area contributed by atoms with Gasteiger partial charge in [-0.05, 0) is 25.8 Å². The molecule has 1 N–H and O–H groups in total. The summed E-state index contributed by atoms with van der Waals surface area (Å²) >= 11 is 0. The van der Waals surface area contributed by atoms with Crippen molar-refractivity contribution in [3.05, 3.63) is 35.6 Å². The molecule has 1 aliphatic carbocycles. The van der Waals surface area contributed by atoms with Crippen LogP contribution in [0.25, 0.3) is 0 Å². The molecule has 20 heavy (non-hydrogen) atoms. The third-order valence-electron chi connectivity index (χ3n) is 3.72. The second-order valence-corrected chi connectivity index (χ2v) is 7.01. The van der Waals surface area contributed by atoms with E-state index in [0.29, 0.717) is 5.56 Å². The van der Waals surface area contributed by atoms with Gasteiger partial charge in [0.1, 0.15) is 11.1 Å². The van der Waals surface area contributed by atoms with Crippen molar-refractivity contribution in [2.24, 2.45) is 0 Å². The molecule has 110 valence electrons. The lowest BCUT2D eigenvalue weighted by atomic mass is 10.2. The highest BCUT2D eigenvalue weighted by atomic mass is 32.2. The summed E-state index contributed by atoms with van der Waals surface area (Å²) in [7, 11) is -1.41. The third kappa shape index (κ3) is 3.88. The predicted molar refractivity (Wildman–Crippen MR) is 78.1 cm³/mol. The maximum atomic E-state index is 13.5. The molecule has 1 amide bonds. The molecule has 0 bridgehead atoms. The van der Waals surface area contributed by atoms with Crippen LogP contribution in [0.2, 0.25) is 0 Å². The third-order valence-corrected chi connectivity index (χ3v) is 5.32. The van der Waals surface area contributed by atoms with Crippen molar-refractivity contribution >= 4 is 16.7 Å². The molecule has 0 aromatic heterocycles. The van der Waals surface area contributed by atoms with Crippen molar-refractivity contribution in [1.29, 1.82) is 0 Å². The summed E-state index contributed by atoms with van der Waals surface area (Å²) < 4.78 is 25.7. The van der Waals surface area contributed by atoms with Crippen LogP contribution in [0.4, 0.5) is 4.39 Å². The Kier molecular flexibility index (Phi) is 5.29. The van der Waals surface area contributed by atoms with E-state index in [1.165, 1.54) is 6.07 Å². The van der Waals surface area contributed by atoms with E-state index in [4.69, 9.17) is 0 Å². The van der Waals surface area contributed by atoms with Crippen LogP contribution in [0.3, 0.4) is 0 Å². The lowest BCUT2D eigenvalue weighted by Gasteiger charge is -2.16. The van der Waals surface area contributed by atoms with Crippen LogP contribution in [-0.4, -0.2) is 21.4 Å². The summed E-state index contributed by atoms with van der Waals surface area (Å²) in [5, 5.41) is 2.32. The molecular formula is C15H20FNO2S. The molecule has 2 atom stereocenters. The van der Waals surface area contributed by atoms with Gasteiger partial charge in [0.25, 0.3) is 0 Å². The first-order valence-corrected chi connectivity index (χ1v) is 8.37. The highest BCUT2D eigenvalue weighted by Gasteiger charge is 2.24. The van der Waals surface area contributed by atoms with Crippen molar-refractivity contribution < 1.29 is 13.4 Å². The number of hydrogen-bond acceptors (Lipinski definition) is 2. The summed E-state index contributed by atoms with van der Waals surface area (Å²) in [6, 6.07) is 6.47.